The van der Waals surface area contributed by atoms with Gasteiger partial charge in [0.15, 0.2) is 0 Å². The van der Waals surface area contributed by atoms with Gasteiger partial charge in [-0.25, -0.2) is 0 Å². The number of aromatic hydroxyl groups is 1. The molecule has 0 spiro atoms. The van der Waals surface area contributed by atoms with Crippen LogP contribution in [-0.4, -0.2) is 47.4 Å². The zero-order chi connectivity index (χ0) is 20.8. The fraction of sp³-hybridized carbons (Fsp3) is 0.667. The lowest BCUT2D eigenvalue weighted by Gasteiger charge is -2.50. The van der Waals surface area contributed by atoms with Crippen molar-refractivity contribution in [3.8, 4) is 5.75 Å². The van der Waals surface area contributed by atoms with Crippen LogP contribution in [0.3, 0.4) is 0 Å². The molecule has 1 aromatic rings. The SMILES string of the molecule is CC12CCC3c4ccc(O)cc4/C(=N/OCCCS(=O)(=O)O)CC3C1CCC2O. The minimum absolute atomic E-state index is 0.0585. The van der Waals surface area contributed by atoms with E-state index in [-0.39, 0.29) is 36.0 Å². The highest BCUT2D eigenvalue weighted by Gasteiger charge is 2.55. The lowest BCUT2D eigenvalue weighted by molar-refractivity contribution is -0.0179. The van der Waals surface area contributed by atoms with Crippen LogP contribution in [0.25, 0.3) is 0 Å². The van der Waals surface area contributed by atoms with Crippen molar-refractivity contribution >= 4 is 15.8 Å². The summed E-state index contributed by atoms with van der Waals surface area (Å²) in [5.74, 6) is 0.981. The molecular weight excluding hydrogens is 394 g/mol. The fourth-order valence-corrected chi connectivity index (χ4v) is 6.38. The molecule has 4 rings (SSSR count). The highest BCUT2D eigenvalue weighted by atomic mass is 32.2. The lowest BCUT2D eigenvalue weighted by Crippen LogP contribution is -2.45. The van der Waals surface area contributed by atoms with Crippen molar-refractivity contribution in [2.45, 2.75) is 57.5 Å². The van der Waals surface area contributed by atoms with Gasteiger partial charge in [-0.1, -0.05) is 18.1 Å². The van der Waals surface area contributed by atoms with Gasteiger partial charge in [0.2, 0.25) is 0 Å². The molecule has 0 heterocycles. The number of hydrogen-bond acceptors (Lipinski definition) is 6. The highest BCUT2D eigenvalue weighted by Crippen LogP contribution is 2.61. The summed E-state index contributed by atoms with van der Waals surface area (Å²) in [5.41, 5.74) is 2.76. The van der Waals surface area contributed by atoms with E-state index in [4.69, 9.17) is 9.39 Å². The van der Waals surface area contributed by atoms with Crippen molar-refractivity contribution in [1.82, 2.24) is 0 Å². The van der Waals surface area contributed by atoms with Crippen LogP contribution in [-0.2, 0) is 15.0 Å². The Morgan fingerprint density at radius 1 is 1.28 bits per heavy atom. The first-order valence-corrected chi connectivity index (χ1v) is 12.0. The summed E-state index contributed by atoms with van der Waals surface area (Å²) in [7, 11) is -4.01. The Hall–Kier alpha value is -1.64. The maximum atomic E-state index is 10.8. The van der Waals surface area contributed by atoms with Crippen molar-refractivity contribution in [2.24, 2.45) is 22.4 Å². The van der Waals surface area contributed by atoms with Gasteiger partial charge in [0.1, 0.15) is 12.4 Å². The molecule has 5 atom stereocenters. The highest BCUT2D eigenvalue weighted by molar-refractivity contribution is 7.85. The largest absolute Gasteiger partial charge is 0.508 e. The Kier molecular flexibility index (Phi) is 5.38. The van der Waals surface area contributed by atoms with Gasteiger partial charge in [0.05, 0.1) is 17.6 Å². The topological polar surface area (TPSA) is 116 Å². The van der Waals surface area contributed by atoms with Gasteiger partial charge in [-0.15, -0.1) is 0 Å². The molecule has 2 saturated carbocycles. The summed E-state index contributed by atoms with van der Waals surface area (Å²) in [6, 6.07) is 5.41. The molecule has 1 aromatic carbocycles. The molecule has 3 aliphatic carbocycles. The quantitative estimate of drug-likeness (QED) is 0.381. The van der Waals surface area contributed by atoms with Gasteiger partial charge in [-0.05, 0) is 73.0 Å². The number of benzene rings is 1. The van der Waals surface area contributed by atoms with Crippen LogP contribution in [0.4, 0.5) is 0 Å². The van der Waals surface area contributed by atoms with Gasteiger partial charge < -0.3 is 15.1 Å². The van der Waals surface area contributed by atoms with Crippen molar-refractivity contribution in [2.75, 3.05) is 12.4 Å². The van der Waals surface area contributed by atoms with Crippen molar-refractivity contribution < 1.29 is 28.0 Å². The second kappa shape index (κ2) is 7.56. The van der Waals surface area contributed by atoms with E-state index in [1.54, 1.807) is 12.1 Å². The molecule has 0 saturated heterocycles. The number of aliphatic hydroxyl groups excluding tert-OH is 1. The summed E-state index contributed by atoms with van der Waals surface area (Å²) in [4.78, 5) is 5.38. The van der Waals surface area contributed by atoms with E-state index >= 15 is 0 Å². The molecule has 0 aromatic heterocycles. The van der Waals surface area contributed by atoms with Gasteiger partial charge in [0, 0.05) is 12.0 Å². The number of rotatable bonds is 5. The Morgan fingerprint density at radius 2 is 2.07 bits per heavy atom. The van der Waals surface area contributed by atoms with Gasteiger partial charge in [-0.3, -0.25) is 4.55 Å². The van der Waals surface area contributed by atoms with E-state index in [0.29, 0.717) is 24.2 Å². The van der Waals surface area contributed by atoms with Crippen LogP contribution in [0.15, 0.2) is 23.4 Å². The molecule has 7 nitrogen and oxygen atoms in total. The summed E-state index contributed by atoms with van der Waals surface area (Å²) in [6.45, 7) is 2.30. The summed E-state index contributed by atoms with van der Waals surface area (Å²) < 4.78 is 30.5. The van der Waals surface area contributed by atoms with Crippen LogP contribution in [0, 0.1) is 17.3 Å². The van der Waals surface area contributed by atoms with Crippen LogP contribution in [0.5, 0.6) is 5.75 Å². The Balaban J connectivity index is 1.59. The first-order valence-electron chi connectivity index (χ1n) is 10.3. The molecule has 0 radical (unpaired) electrons. The van der Waals surface area contributed by atoms with E-state index in [9.17, 15) is 18.6 Å². The summed E-state index contributed by atoms with van der Waals surface area (Å²) >= 11 is 0. The van der Waals surface area contributed by atoms with Gasteiger partial charge in [-0.2, -0.15) is 8.42 Å². The van der Waals surface area contributed by atoms with E-state index in [2.05, 4.69) is 12.1 Å². The first kappa shape index (κ1) is 20.6. The third-order valence-corrected chi connectivity index (χ3v) is 8.18. The third-order valence-electron chi connectivity index (χ3n) is 7.38. The van der Waals surface area contributed by atoms with Crippen LogP contribution < -0.4 is 0 Å². The predicted octanol–water partition coefficient (Wildman–Crippen LogP) is 3.07. The zero-order valence-electron chi connectivity index (χ0n) is 16.6. The second-order valence-electron chi connectivity index (χ2n) is 9.00. The molecular formula is C21H29NO6S. The molecule has 3 N–H and O–H groups in total. The minimum atomic E-state index is -4.01. The van der Waals surface area contributed by atoms with E-state index in [1.807, 2.05) is 6.07 Å². The first-order chi connectivity index (χ1) is 13.7. The van der Waals surface area contributed by atoms with E-state index in [1.165, 1.54) is 5.56 Å². The number of hydrogen-bond donors (Lipinski definition) is 3. The number of phenols is 1. The predicted molar refractivity (Wildman–Crippen MR) is 109 cm³/mol. The summed E-state index contributed by atoms with van der Waals surface area (Å²) in [5, 5.41) is 24.9. The lowest BCUT2D eigenvalue weighted by atomic mass is 9.55. The number of fused-ring (bicyclic) bond motifs is 5. The molecule has 8 heteroatoms. The van der Waals surface area contributed by atoms with Gasteiger partial charge >= 0.3 is 0 Å². The minimum Gasteiger partial charge on any atom is -0.508 e. The van der Waals surface area contributed by atoms with E-state index in [0.717, 1.165) is 37.0 Å². The molecule has 0 aliphatic heterocycles. The van der Waals surface area contributed by atoms with Crippen LogP contribution in [0.1, 0.15) is 62.5 Å². The Labute approximate surface area is 171 Å². The maximum Gasteiger partial charge on any atom is 0.264 e. The number of aliphatic hydroxyl groups is 1. The summed E-state index contributed by atoms with van der Waals surface area (Å²) in [6.07, 6.45) is 4.47. The molecule has 0 bridgehead atoms. The van der Waals surface area contributed by atoms with Crippen molar-refractivity contribution in [3.05, 3.63) is 29.3 Å². The molecule has 3 aliphatic rings. The molecule has 160 valence electrons. The van der Waals surface area contributed by atoms with E-state index < -0.39 is 10.1 Å². The number of nitrogens with zero attached hydrogens (tertiary/aromatic N) is 1. The normalized spacial score (nSPS) is 35.1. The molecule has 5 unspecified atom stereocenters. The number of phenolic OH excluding ortho intramolecular Hbond substituents is 1. The van der Waals surface area contributed by atoms with Crippen LogP contribution in [0.2, 0.25) is 0 Å². The van der Waals surface area contributed by atoms with Crippen LogP contribution >= 0.6 is 0 Å². The molecule has 29 heavy (non-hydrogen) atoms. The average Bonchev–Trinajstić information content (AvgIpc) is 2.95. The van der Waals surface area contributed by atoms with Gasteiger partial charge in [0.25, 0.3) is 10.1 Å². The standard InChI is InChI=1S/C21H29NO6S/c1-21-8-7-15-14-4-3-13(23)11-17(14)19(22-28-9-2-10-29(25,26)27)12-16(15)18(21)5-6-20(21)24/h3-4,11,15-16,18,20,23-24H,2,5-10,12H2,1H3,(H,25,26,27)/b22-19+. The average molecular weight is 424 g/mol. The maximum absolute atomic E-state index is 10.8. The second-order valence-corrected chi connectivity index (χ2v) is 10.6. The molecule has 2 fully saturated rings. The van der Waals surface area contributed by atoms with Crippen molar-refractivity contribution in [3.63, 3.8) is 0 Å². The Morgan fingerprint density at radius 3 is 2.83 bits per heavy atom. The van der Waals surface area contributed by atoms with Crippen molar-refractivity contribution in [1.29, 1.82) is 0 Å². The smallest absolute Gasteiger partial charge is 0.264 e. The number of oxime groups is 1. The molecule has 0 amide bonds. The zero-order valence-corrected chi connectivity index (χ0v) is 17.4. The third kappa shape index (κ3) is 3.90. The monoisotopic (exact) mass is 423 g/mol. The Bertz CT molecular complexity index is 914. The fourth-order valence-electron chi connectivity index (χ4n) is 5.90.